The number of anilines is 2. The summed E-state index contributed by atoms with van der Waals surface area (Å²) in [4.78, 5) is 12.3. The quantitative estimate of drug-likeness (QED) is 0.670. The molecule has 3 rings (SSSR count). The number of amides is 1. The van der Waals surface area contributed by atoms with Gasteiger partial charge in [0.25, 0.3) is 5.91 Å². The number of hydrogen-bond acceptors (Lipinski definition) is 6. The maximum Gasteiger partial charge on any atom is 0.272 e. The lowest BCUT2D eigenvalue weighted by atomic mass is 10.2. The number of benzene rings is 2. The number of rotatable bonds is 7. The third-order valence-corrected chi connectivity index (χ3v) is 3.84. The van der Waals surface area contributed by atoms with E-state index in [1.807, 2.05) is 42.5 Å². The van der Waals surface area contributed by atoms with E-state index < -0.39 is 0 Å². The average Bonchev–Trinajstić information content (AvgIpc) is 2.73. The monoisotopic (exact) mass is 364 g/mol. The van der Waals surface area contributed by atoms with Crippen LogP contribution >= 0.6 is 0 Å². The molecule has 7 heteroatoms. The van der Waals surface area contributed by atoms with E-state index in [1.54, 1.807) is 32.4 Å². The van der Waals surface area contributed by atoms with Gasteiger partial charge in [-0.3, -0.25) is 4.79 Å². The first-order chi connectivity index (χ1) is 13.2. The molecule has 2 N–H and O–H groups in total. The summed E-state index contributed by atoms with van der Waals surface area (Å²) in [5, 5.41) is 14.0. The molecule has 0 spiro atoms. The van der Waals surface area contributed by atoms with Gasteiger partial charge in [-0.2, -0.15) is 0 Å². The molecular formula is C20H20N4O3. The molecule has 1 amide bonds. The van der Waals surface area contributed by atoms with Gasteiger partial charge in [0.2, 0.25) is 0 Å². The summed E-state index contributed by atoms with van der Waals surface area (Å²) >= 11 is 0. The molecule has 1 aromatic heterocycles. The molecule has 27 heavy (non-hydrogen) atoms. The van der Waals surface area contributed by atoms with Crippen LogP contribution < -0.4 is 20.1 Å². The van der Waals surface area contributed by atoms with Crippen molar-refractivity contribution in [3.63, 3.8) is 0 Å². The van der Waals surface area contributed by atoms with Gasteiger partial charge in [-0.05, 0) is 42.0 Å². The summed E-state index contributed by atoms with van der Waals surface area (Å²) < 4.78 is 10.5. The molecule has 2 aromatic carbocycles. The topological polar surface area (TPSA) is 85.4 Å². The number of aromatic nitrogens is 2. The normalized spacial score (nSPS) is 10.1. The molecule has 1 heterocycles. The van der Waals surface area contributed by atoms with Gasteiger partial charge in [0.15, 0.2) is 23.0 Å². The highest BCUT2D eigenvalue weighted by atomic mass is 16.5. The Bertz CT molecular complexity index is 899. The van der Waals surface area contributed by atoms with Gasteiger partial charge in [0.1, 0.15) is 0 Å². The van der Waals surface area contributed by atoms with Gasteiger partial charge in [-0.1, -0.05) is 24.3 Å². The van der Waals surface area contributed by atoms with Crippen LogP contribution in [0.2, 0.25) is 0 Å². The summed E-state index contributed by atoms with van der Waals surface area (Å²) in [6.07, 6.45) is 0. The molecule has 0 aliphatic rings. The first kappa shape index (κ1) is 18.2. The zero-order chi connectivity index (χ0) is 19.1. The summed E-state index contributed by atoms with van der Waals surface area (Å²) in [6, 6.07) is 18.4. The fraction of sp³-hybridized carbons (Fsp3) is 0.150. The van der Waals surface area contributed by atoms with Crippen molar-refractivity contribution in [2.45, 2.75) is 6.54 Å². The standard InChI is InChI=1S/C20H20N4O3/c1-26-17-10-8-14(12-18(17)27-2)13-21-20(25)16-9-11-19(24-23-16)22-15-6-4-3-5-7-15/h3-12H,13H2,1-2H3,(H,21,25)(H,22,24). The minimum Gasteiger partial charge on any atom is -0.493 e. The SMILES string of the molecule is COc1ccc(CNC(=O)c2ccc(Nc3ccccc3)nn2)cc1OC. The first-order valence-electron chi connectivity index (χ1n) is 8.34. The lowest BCUT2D eigenvalue weighted by Gasteiger charge is -2.10. The third kappa shape index (κ3) is 4.72. The Balaban J connectivity index is 1.59. The van der Waals surface area contributed by atoms with E-state index in [-0.39, 0.29) is 11.6 Å². The number of carbonyl (C=O) groups excluding carboxylic acids is 1. The predicted molar refractivity (Wildman–Crippen MR) is 102 cm³/mol. The van der Waals surface area contributed by atoms with Gasteiger partial charge in [0, 0.05) is 12.2 Å². The fourth-order valence-electron chi connectivity index (χ4n) is 2.45. The predicted octanol–water partition coefficient (Wildman–Crippen LogP) is 3.17. The zero-order valence-electron chi connectivity index (χ0n) is 15.1. The van der Waals surface area contributed by atoms with Crippen molar-refractivity contribution in [1.82, 2.24) is 15.5 Å². The molecule has 0 atom stereocenters. The molecule has 0 fully saturated rings. The van der Waals surface area contributed by atoms with Crippen molar-refractivity contribution in [1.29, 1.82) is 0 Å². The van der Waals surface area contributed by atoms with E-state index in [9.17, 15) is 4.79 Å². The van der Waals surface area contributed by atoms with Gasteiger partial charge in [0.05, 0.1) is 14.2 Å². The highest BCUT2D eigenvalue weighted by molar-refractivity contribution is 5.92. The van der Waals surface area contributed by atoms with Crippen molar-refractivity contribution >= 4 is 17.4 Å². The second-order valence-corrected chi connectivity index (χ2v) is 5.67. The maximum atomic E-state index is 12.3. The van der Waals surface area contributed by atoms with E-state index in [1.165, 1.54) is 0 Å². The Kier molecular flexibility index (Phi) is 5.84. The Hall–Kier alpha value is -3.61. The maximum absolute atomic E-state index is 12.3. The van der Waals surface area contributed by atoms with E-state index >= 15 is 0 Å². The minimum atomic E-state index is -0.302. The first-order valence-corrected chi connectivity index (χ1v) is 8.34. The highest BCUT2D eigenvalue weighted by Crippen LogP contribution is 2.27. The Morgan fingerprint density at radius 1 is 0.926 bits per heavy atom. The molecule has 7 nitrogen and oxygen atoms in total. The van der Waals surface area contributed by atoms with Crippen LogP contribution in [-0.2, 0) is 6.54 Å². The van der Waals surface area contributed by atoms with Gasteiger partial charge < -0.3 is 20.1 Å². The second-order valence-electron chi connectivity index (χ2n) is 5.67. The van der Waals surface area contributed by atoms with Crippen LogP contribution in [0, 0.1) is 0 Å². The molecule has 0 saturated heterocycles. The number of carbonyl (C=O) groups is 1. The van der Waals surface area contributed by atoms with Crippen LogP contribution in [0.4, 0.5) is 11.5 Å². The lowest BCUT2D eigenvalue weighted by molar-refractivity contribution is 0.0945. The zero-order valence-corrected chi connectivity index (χ0v) is 15.1. The van der Waals surface area contributed by atoms with E-state index in [4.69, 9.17) is 9.47 Å². The molecule has 0 bridgehead atoms. The Labute approximate surface area is 157 Å². The summed E-state index contributed by atoms with van der Waals surface area (Å²) in [5.41, 5.74) is 2.03. The molecule has 0 saturated carbocycles. The number of nitrogens with one attached hydrogen (secondary N) is 2. The average molecular weight is 364 g/mol. The number of hydrogen-bond donors (Lipinski definition) is 2. The summed E-state index contributed by atoms with van der Waals surface area (Å²) in [6.45, 7) is 0.338. The van der Waals surface area contributed by atoms with Crippen LogP contribution in [0.15, 0.2) is 60.7 Å². The van der Waals surface area contributed by atoms with Crippen LogP contribution in [0.3, 0.4) is 0 Å². The smallest absolute Gasteiger partial charge is 0.272 e. The summed E-state index contributed by atoms with van der Waals surface area (Å²) in [7, 11) is 3.15. The van der Waals surface area contributed by atoms with Crippen molar-refractivity contribution in [3.05, 3.63) is 71.9 Å². The Morgan fingerprint density at radius 2 is 1.70 bits per heavy atom. The van der Waals surface area contributed by atoms with Crippen LogP contribution in [0.25, 0.3) is 0 Å². The Morgan fingerprint density at radius 3 is 2.37 bits per heavy atom. The van der Waals surface area contributed by atoms with Crippen molar-refractivity contribution in [2.24, 2.45) is 0 Å². The number of methoxy groups -OCH3 is 2. The fourth-order valence-corrected chi connectivity index (χ4v) is 2.45. The van der Waals surface area contributed by atoms with Crippen LogP contribution in [-0.4, -0.2) is 30.3 Å². The van der Waals surface area contributed by atoms with E-state index in [0.717, 1.165) is 11.3 Å². The third-order valence-electron chi connectivity index (χ3n) is 3.84. The highest BCUT2D eigenvalue weighted by Gasteiger charge is 2.10. The van der Waals surface area contributed by atoms with E-state index in [2.05, 4.69) is 20.8 Å². The largest absolute Gasteiger partial charge is 0.493 e. The van der Waals surface area contributed by atoms with Crippen molar-refractivity contribution in [2.75, 3.05) is 19.5 Å². The molecule has 0 aliphatic heterocycles. The molecule has 0 aliphatic carbocycles. The number of para-hydroxylation sites is 1. The summed E-state index contributed by atoms with van der Waals surface area (Å²) in [5.74, 6) is 1.52. The second kappa shape index (κ2) is 8.66. The van der Waals surface area contributed by atoms with Gasteiger partial charge in [-0.25, -0.2) is 0 Å². The van der Waals surface area contributed by atoms with Crippen LogP contribution in [0.1, 0.15) is 16.1 Å². The van der Waals surface area contributed by atoms with E-state index in [0.29, 0.717) is 23.9 Å². The number of ether oxygens (including phenoxy) is 2. The molecule has 138 valence electrons. The van der Waals surface area contributed by atoms with Crippen molar-refractivity contribution in [3.8, 4) is 11.5 Å². The lowest BCUT2D eigenvalue weighted by Crippen LogP contribution is -2.24. The number of nitrogens with zero attached hydrogens (tertiary/aromatic N) is 2. The van der Waals surface area contributed by atoms with Gasteiger partial charge >= 0.3 is 0 Å². The van der Waals surface area contributed by atoms with Gasteiger partial charge in [-0.15, -0.1) is 10.2 Å². The molecule has 3 aromatic rings. The minimum absolute atomic E-state index is 0.245. The van der Waals surface area contributed by atoms with Crippen LogP contribution in [0.5, 0.6) is 11.5 Å². The molecular weight excluding hydrogens is 344 g/mol. The molecule has 0 unspecified atom stereocenters. The van der Waals surface area contributed by atoms with Crippen molar-refractivity contribution < 1.29 is 14.3 Å². The molecule has 0 radical (unpaired) electrons.